The molecule has 0 spiro atoms. The van der Waals surface area contributed by atoms with Crippen LogP contribution in [-0.4, -0.2) is 24.6 Å². The Bertz CT molecular complexity index is 244. The smallest absolute Gasteiger partial charge is 0.0541 e. The molecule has 0 bridgehead atoms. The third kappa shape index (κ3) is 2.50. The molecule has 13 heavy (non-hydrogen) atoms. The van der Waals surface area contributed by atoms with Gasteiger partial charge in [0.2, 0.25) is 0 Å². The number of aromatic nitrogens is 1. The average molecular weight is 177 g/mol. The lowest BCUT2D eigenvalue weighted by Gasteiger charge is -2.27. The molecule has 3 heteroatoms. The van der Waals surface area contributed by atoms with Gasteiger partial charge in [0.25, 0.3) is 0 Å². The standard InChI is InChI=1S/C10H15N3/c1-2-4-13-10(3-1)8-12-7-9-5-11-6-9/h1-4,9,11-12H,5-8H2. The van der Waals surface area contributed by atoms with Crippen LogP contribution in [0.4, 0.5) is 0 Å². The van der Waals surface area contributed by atoms with E-state index in [1.165, 1.54) is 0 Å². The van der Waals surface area contributed by atoms with Crippen LogP contribution in [0.1, 0.15) is 5.69 Å². The molecule has 2 heterocycles. The van der Waals surface area contributed by atoms with Gasteiger partial charge >= 0.3 is 0 Å². The van der Waals surface area contributed by atoms with E-state index in [0.29, 0.717) is 0 Å². The van der Waals surface area contributed by atoms with Crippen molar-refractivity contribution in [2.45, 2.75) is 6.54 Å². The fraction of sp³-hybridized carbons (Fsp3) is 0.500. The summed E-state index contributed by atoms with van der Waals surface area (Å²) in [7, 11) is 0. The van der Waals surface area contributed by atoms with Crippen LogP contribution >= 0.6 is 0 Å². The Hall–Kier alpha value is -0.930. The summed E-state index contributed by atoms with van der Waals surface area (Å²) in [5, 5.41) is 6.66. The van der Waals surface area contributed by atoms with Gasteiger partial charge < -0.3 is 10.6 Å². The Morgan fingerprint density at radius 2 is 2.38 bits per heavy atom. The Kier molecular flexibility index (Phi) is 2.90. The van der Waals surface area contributed by atoms with E-state index in [0.717, 1.165) is 37.8 Å². The monoisotopic (exact) mass is 177 g/mol. The predicted octanol–water partition coefficient (Wildman–Crippen LogP) is 0.391. The first-order chi connectivity index (χ1) is 6.45. The van der Waals surface area contributed by atoms with Crippen molar-refractivity contribution < 1.29 is 0 Å². The average Bonchev–Trinajstić information content (AvgIpc) is 2.11. The number of pyridine rings is 1. The molecule has 0 saturated carbocycles. The SMILES string of the molecule is c1ccc(CNCC2CNC2)nc1. The first-order valence-corrected chi connectivity index (χ1v) is 4.76. The quantitative estimate of drug-likeness (QED) is 0.698. The minimum Gasteiger partial charge on any atom is -0.316 e. The molecule has 2 rings (SSSR count). The molecule has 2 N–H and O–H groups in total. The normalized spacial score (nSPS) is 16.9. The highest BCUT2D eigenvalue weighted by molar-refractivity contribution is 5.02. The molecule has 1 aliphatic heterocycles. The lowest BCUT2D eigenvalue weighted by atomic mass is 10.0. The molecule has 0 atom stereocenters. The van der Waals surface area contributed by atoms with Crippen LogP contribution < -0.4 is 10.6 Å². The van der Waals surface area contributed by atoms with E-state index < -0.39 is 0 Å². The van der Waals surface area contributed by atoms with Crippen LogP contribution in [0, 0.1) is 5.92 Å². The van der Waals surface area contributed by atoms with Gasteiger partial charge in [0.05, 0.1) is 5.69 Å². The molecule has 0 aliphatic carbocycles. The largest absolute Gasteiger partial charge is 0.316 e. The molecule has 0 aromatic carbocycles. The molecule has 0 radical (unpaired) electrons. The number of hydrogen-bond acceptors (Lipinski definition) is 3. The van der Waals surface area contributed by atoms with Crippen LogP contribution in [0.3, 0.4) is 0 Å². The molecular weight excluding hydrogens is 162 g/mol. The highest BCUT2D eigenvalue weighted by atomic mass is 15.0. The van der Waals surface area contributed by atoms with Crippen LogP contribution in [0.25, 0.3) is 0 Å². The van der Waals surface area contributed by atoms with Gasteiger partial charge in [0.1, 0.15) is 0 Å². The van der Waals surface area contributed by atoms with Gasteiger partial charge in [-0.1, -0.05) is 6.07 Å². The van der Waals surface area contributed by atoms with Gasteiger partial charge in [0.15, 0.2) is 0 Å². The predicted molar refractivity (Wildman–Crippen MR) is 52.3 cm³/mol. The summed E-state index contributed by atoms with van der Waals surface area (Å²) in [6.07, 6.45) is 1.84. The molecule has 1 aromatic heterocycles. The minimum absolute atomic E-state index is 0.823. The first kappa shape index (κ1) is 8.66. The second-order valence-corrected chi connectivity index (χ2v) is 3.48. The Balaban J connectivity index is 1.67. The van der Waals surface area contributed by atoms with Crippen molar-refractivity contribution in [1.82, 2.24) is 15.6 Å². The Morgan fingerprint density at radius 3 is 3.00 bits per heavy atom. The number of rotatable bonds is 4. The first-order valence-electron chi connectivity index (χ1n) is 4.76. The number of nitrogens with one attached hydrogen (secondary N) is 2. The third-order valence-electron chi connectivity index (χ3n) is 2.33. The molecule has 70 valence electrons. The zero-order valence-electron chi connectivity index (χ0n) is 7.66. The van der Waals surface area contributed by atoms with Crippen LogP contribution in [0.2, 0.25) is 0 Å². The maximum absolute atomic E-state index is 4.24. The summed E-state index contributed by atoms with van der Waals surface area (Å²) < 4.78 is 0. The van der Waals surface area contributed by atoms with Crippen LogP contribution in [0.5, 0.6) is 0 Å². The summed E-state index contributed by atoms with van der Waals surface area (Å²) in [5.41, 5.74) is 1.12. The van der Waals surface area contributed by atoms with E-state index in [4.69, 9.17) is 0 Å². The number of hydrogen-bond donors (Lipinski definition) is 2. The van der Waals surface area contributed by atoms with Gasteiger partial charge in [-0.3, -0.25) is 4.98 Å². The molecule has 1 aliphatic rings. The van der Waals surface area contributed by atoms with Crippen molar-refractivity contribution in [3.8, 4) is 0 Å². The van der Waals surface area contributed by atoms with E-state index in [1.54, 1.807) is 0 Å². The van der Waals surface area contributed by atoms with Gasteiger partial charge in [-0.15, -0.1) is 0 Å². The molecule has 1 fully saturated rings. The Morgan fingerprint density at radius 1 is 1.46 bits per heavy atom. The second kappa shape index (κ2) is 4.35. The summed E-state index contributed by atoms with van der Waals surface area (Å²) in [5.74, 6) is 0.823. The zero-order valence-corrected chi connectivity index (χ0v) is 7.66. The maximum Gasteiger partial charge on any atom is 0.0541 e. The summed E-state index contributed by atoms with van der Waals surface area (Å²) in [6.45, 7) is 4.31. The number of nitrogens with zero attached hydrogens (tertiary/aromatic N) is 1. The lowest BCUT2D eigenvalue weighted by Crippen LogP contribution is -2.47. The van der Waals surface area contributed by atoms with Gasteiger partial charge in [-0.25, -0.2) is 0 Å². The van der Waals surface area contributed by atoms with E-state index in [2.05, 4.69) is 15.6 Å². The zero-order chi connectivity index (χ0) is 8.93. The molecule has 3 nitrogen and oxygen atoms in total. The van der Waals surface area contributed by atoms with Crippen molar-refractivity contribution in [2.75, 3.05) is 19.6 Å². The van der Waals surface area contributed by atoms with E-state index in [9.17, 15) is 0 Å². The second-order valence-electron chi connectivity index (χ2n) is 3.48. The third-order valence-corrected chi connectivity index (χ3v) is 2.33. The highest BCUT2D eigenvalue weighted by Crippen LogP contribution is 2.00. The van der Waals surface area contributed by atoms with Gasteiger partial charge in [0, 0.05) is 32.4 Å². The maximum atomic E-state index is 4.24. The molecule has 1 saturated heterocycles. The lowest BCUT2D eigenvalue weighted by molar-refractivity contribution is 0.331. The summed E-state index contributed by atoms with van der Waals surface area (Å²) in [6, 6.07) is 6.01. The minimum atomic E-state index is 0.823. The molecule has 0 amide bonds. The van der Waals surface area contributed by atoms with Crippen molar-refractivity contribution in [3.63, 3.8) is 0 Å². The topological polar surface area (TPSA) is 37.0 Å². The van der Waals surface area contributed by atoms with E-state index >= 15 is 0 Å². The fourth-order valence-corrected chi connectivity index (χ4v) is 1.40. The molecular formula is C10H15N3. The van der Waals surface area contributed by atoms with Crippen molar-refractivity contribution in [2.24, 2.45) is 5.92 Å². The molecule has 1 aromatic rings. The van der Waals surface area contributed by atoms with E-state index in [1.807, 2.05) is 24.4 Å². The fourth-order valence-electron chi connectivity index (χ4n) is 1.40. The summed E-state index contributed by atoms with van der Waals surface area (Å²) in [4.78, 5) is 4.24. The van der Waals surface area contributed by atoms with Crippen LogP contribution in [-0.2, 0) is 6.54 Å². The van der Waals surface area contributed by atoms with Crippen molar-refractivity contribution in [3.05, 3.63) is 30.1 Å². The highest BCUT2D eigenvalue weighted by Gasteiger charge is 2.15. The Labute approximate surface area is 78.6 Å². The van der Waals surface area contributed by atoms with E-state index in [-0.39, 0.29) is 0 Å². The molecule has 0 unspecified atom stereocenters. The van der Waals surface area contributed by atoms with Gasteiger partial charge in [-0.05, 0) is 18.1 Å². The summed E-state index contributed by atoms with van der Waals surface area (Å²) >= 11 is 0. The van der Waals surface area contributed by atoms with Crippen LogP contribution in [0.15, 0.2) is 24.4 Å². The van der Waals surface area contributed by atoms with Crippen molar-refractivity contribution >= 4 is 0 Å². The van der Waals surface area contributed by atoms with Crippen molar-refractivity contribution in [1.29, 1.82) is 0 Å². The van der Waals surface area contributed by atoms with Gasteiger partial charge in [-0.2, -0.15) is 0 Å².